The first-order valence-corrected chi connectivity index (χ1v) is 8.70. The van der Waals surface area contributed by atoms with E-state index in [1.165, 1.54) is 0 Å². The van der Waals surface area contributed by atoms with E-state index in [-0.39, 0.29) is 12.1 Å². The highest BCUT2D eigenvalue weighted by Gasteiger charge is 2.24. The topological polar surface area (TPSA) is 72.3 Å². The van der Waals surface area contributed by atoms with Crippen molar-refractivity contribution in [2.75, 3.05) is 18.4 Å². The van der Waals surface area contributed by atoms with E-state index >= 15 is 0 Å². The molecule has 1 aromatic heterocycles. The molecule has 1 N–H and O–H groups in total. The Balaban J connectivity index is 1.56. The summed E-state index contributed by atoms with van der Waals surface area (Å²) in [6.07, 6.45) is 5.19. The van der Waals surface area contributed by atoms with Crippen LogP contribution in [0.25, 0.3) is 0 Å². The van der Waals surface area contributed by atoms with Gasteiger partial charge in [0.25, 0.3) is 0 Å². The normalized spacial score (nSPS) is 15.4. The first kappa shape index (κ1) is 17.3. The van der Waals surface area contributed by atoms with Crippen LogP contribution in [0, 0.1) is 6.92 Å². The second-order valence-electron chi connectivity index (χ2n) is 6.67. The molecule has 1 fully saturated rings. The monoisotopic (exact) mass is 343 g/mol. The summed E-state index contributed by atoms with van der Waals surface area (Å²) >= 11 is 0. The van der Waals surface area contributed by atoms with Gasteiger partial charge >= 0.3 is 6.03 Å². The van der Waals surface area contributed by atoms with Gasteiger partial charge in [0, 0.05) is 18.8 Å². The van der Waals surface area contributed by atoms with E-state index in [0.717, 1.165) is 29.8 Å². The molecule has 25 heavy (non-hydrogen) atoms. The molecule has 2 aromatic rings. The lowest BCUT2D eigenvalue weighted by Gasteiger charge is -2.32. The number of amides is 2. The standard InChI is InChI=1S/C18H25N5O2/c1-13(2)25-16-4-5-17(14(3)10-16)21-18(24)22-8-6-15(7-9-22)23-12-19-11-20-23/h4-5,10-13,15H,6-9H2,1-3H3,(H,21,24). The average molecular weight is 343 g/mol. The summed E-state index contributed by atoms with van der Waals surface area (Å²) in [6, 6.07) is 6.00. The van der Waals surface area contributed by atoms with Gasteiger partial charge in [0.15, 0.2) is 0 Å². The van der Waals surface area contributed by atoms with E-state index in [9.17, 15) is 4.79 Å². The second kappa shape index (κ2) is 7.55. The molecule has 1 saturated heterocycles. The van der Waals surface area contributed by atoms with E-state index in [1.807, 2.05) is 48.6 Å². The summed E-state index contributed by atoms with van der Waals surface area (Å²) in [7, 11) is 0. The lowest BCUT2D eigenvalue weighted by Crippen LogP contribution is -2.41. The number of nitrogens with one attached hydrogen (secondary N) is 1. The highest BCUT2D eigenvalue weighted by Crippen LogP contribution is 2.24. The summed E-state index contributed by atoms with van der Waals surface area (Å²) < 4.78 is 7.56. The number of hydrogen-bond donors (Lipinski definition) is 1. The molecule has 1 aromatic carbocycles. The van der Waals surface area contributed by atoms with Crippen LogP contribution >= 0.6 is 0 Å². The van der Waals surface area contributed by atoms with Gasteiger partial charge in [-0.2, -0.15) is 5.10 Å². The molecule has 1 aliphatic heterocycles. The minimum atomic E-state index is -0.0577. The molecular weight excluding hydrogens is 318 g/mol. The summed E-state index contributed by atoms with van der Waals surface area (Å²) in [4.78, 5) is 18.4. The molecule has 0 saturated carbocycles. The quantitative estimate of drug-likeness (QED) is 0.925. The number of aromatic nitrogens is 3. The van der Waals surface area contributed by atoms with Crippen molar-refractivity contribution in [3.8, 4) is 5.75 Å². The number of anilines is 1. The number of benzene rings is 1. The van der Waals surface area contributed by atoms with Gasteiger partial charge in [-0.25, -0.2) is 14.5 Å². The lowest BCUT2D eigenvalue weighted by atomic mass is 10.1. The van der Waals surface area contributed by atoms with Gasteiger partial charge < -0.3 is 15.0 Å². The van der Waals surface area contributed by atoms with Crippen LogP contribution < -0.4 is 10.1 Å². The zero-order valence-corrected chi connectivity index (χ0v) is 15.0. The first-order valence-electron chi connectivity index (χ1n) is 8.70. The predicted molar refractivity (Wildman–Crippen MR) is 95.8 cm³/mol. The minimum Gasteiger partial charge on any atom is -0.491 e. The highest BCUT2D eigenvalue weighted by atomic mass is 16.5. The SMILES string of the molecule is Cc1cc(OC(C)C)ccc1NC(=O)N1CCC(n2cncn2)CC1. The van der Waals surface area contributed by atoms with Crippen molar-refractivity contribution in [3.05, 3.63) is 36.4 Å². The van der Waals surface area contributed by atoms with Crippen LogP contribution in [0.15, 0.2) is 30.9 Å². The number of carbonyl (C=O) groups excluding carboxylic acids is 1. The molecule has 3 rings (SSSR count). The van der Waals surface area contributed by atoms with Crippen molar-refractivity contribution in [2.24, 2.45) is 0 Å². The molecule has 0 radical (unpaired) electrons. The van der Waals surface area contributed by atoms with Crippen LogP contribution in [-0.2, 0) is 0 Å². The van der Waals surface area contributed by atoms with Gasteiger partial charge in [0.05, 0.1) is 12.1 Å². The lowest BCUT2D eigenvalue weighted by molar-refractivity contribution is 0.180. The molecule has 0 atom stereocenters. The average Bonchev–Trinajstić information content (AvgIpc) is 3.11. The number of aryl methyl sites for hydroxylation is 1. The van der Waals surface area contributed by atoms with Gasteiger partial charge in [-0.1, -0.05) is 0 Å². The Labute approximate surface area is 148 Å². The fourth-order valence-corrected chi connectivity index (χ4v) is 3.06. The van der Waals surface area contributed by atoms with Crippen LogP contribution in [0.3, 0.4) is 0 Å². The van der Waals surface area contributed by atoms with Crippen molar-refractivity contribution < 1.29 is 9.53 Å². The molecular formula is C18H25N5O2. The molecule has 134 valence electrons. The van der Waals surface area contributed by atoms with Crippen LogP contribution in [0.5, 0.6) is 5.75 Å². The maximum atomic E-state index is 12.5. The number of carbonyl (C=O) groups is 1. The minimum absolute atomic E-state index is 0.0577. The Morgan fingerprint density at radius 2 is 2.08 bits per heavy atom. The zero-order valence-electron chi connectivity index (χ0n) is 15.0. The molecule has 7 heteroatoms. The van der Waals surface area contributed by atoms with Crippen LogP contribution in [0.1, 0.15) is 38.3 Å². The molecule has 0 spiro atoms. The third-order valence-electron chi connectivity index (χ3n) is 4.37. The largest absolute Gasteiger partial charge is 0.491 e. The van der Waals surface area contributed by atoms with Gasteiger partial charge in [0.1, 0.15) is 18.4 Å². The molecule has 2 heterocycles. The van der Waals surface area contributed by atoms with Crippen molar-refractivity contribution in [3.63, 3.8) is 0 Å². The van der Waals surface area contributed by atoms with Crippen LogP contribution in [-0.4, -0.2) is 44.9 Å². The molecule has 0 aliphatic carbocycles. The number of piperidine rings is 1. The maximum Gasteiger partial charge on any atom is 0.321 e. The van der Waals surface area contributed by atoms with Gasteiger partial charge in [-0.05, 0) is 57.4 Å². The number of ether oxygens (including phenoxy) is 1. The predicted octanol–water partition coefficient (Wildman–Crippen LogP) is 3.24. The number of nitrogens with zero attached hydrogens (tertiary/aromatic N) is 4. The van der Waals surface area contributed by atoms with Crippen LogP contribution in [0.2, 0.25) is 0 Å². The number of hydrogen-bond acceptors (Lipinski definition) is 4. The third kappa shape index (κ3) is 4.29. The van der Waals surface area contributed by atoms with E-state index in [2.05, 4.69) is 15.4 Å². The molecule has 7 nitrogen and oxygen atoms in total. The van der Waals surface area contributed by atoms with E-state index in [4.69, 9.17) is 4.74 Å². The summed E-state index contributed by atoms with van der Waals surface area (Å²) in [5.74, 6) is 0.819. The Kier molecular flexibility index (Phi) is 5.21. The van der Waals surface area contributed by atoms with Gasteiger partial charge in [-0.3, -0.25) is 0 Å². The molecule has 2 amide bonds. The number of likely N-dealkylation sites (tertiary alicyclic amines) is 1. The molecule has 0 unspecified atom stereocenters. The van der Waals surface area contributed by atoms with Crippen molar-refractivity contribution in [1.29, 1.82) is 0 Å². The van der Waals surface area contributed by atoms with Gasteiger partial charge in [0.2, 0.25) is 0 Å². The van der Waals surface area contributed by atoms with Crippen molar-refractivity contribution in [2.45, 2.75) is 45.8 Å². The van der Waals surface area contributed by atoms with Crippen molar-refractivity contribution in [1.82, 2.24) is 19.7 Å². The van der Waals surface area contributed by atoms with Crippen LogP contribution in [0.4, 0.5) is 10.5 Å². The maximum absolute atomic E-state index is 12.5. The third-order valence-corrected chi connectivity index (χ3v) is 4.37. The molecule has 1 aliphatic rings. The Hall–Kier alpha value is -2.57. The van der Waals surface area contributed by atoms with Gasteiger partial charge in [-0.15, -0.1) is 0 Å². The highest BCUT2D eigenvalue weighted by molar-refractivity contribution is 5.90. The zero-order chi connectivity index (χ0) is 17.8. The fraction of sp³-hybridized carbons (Fsp3) is 0.500. The number of urea groups is 1. The Morgan fingerprint density at radius 1 is 1.32 bits per heavy atom. The number of rotatable bonds is 4. The van der Waals surface area contributed by atoms with Crippen molar-refractivity contribution >= 4 is 11.7 Å². The Morgan fingerprint density at radius 3 is 2.68 bits per heavy atom. The van der Waals surface area contributed by atoms with E-state index in [0.29, 0.717) is 19.1 Å². The van der Waals surface area contributed by atoms with E-state index < -0.39 is 0 Å². The Bertz CT molecular complexity index is 706. The summed E-state index contributed by atoms with van der Waals surface area (Å²) in [6.45, 7) is 7.38. The first-order chi connectivity index (χ1) is 12.0. The second-order valence-corrected chi connectivity index (χ2v) is 6.67. The van der Waals surface area contributed by atoms with E-state index in [1.54, 1.807) is 12.7 Å². The fourth-order valence-electron chi connectivity index (χ4n) is 3.06. The summed E-state index contributed by atoms with van der Waals surface area (Å²) in [5, 5.41) is 7.20. The smallest absolute Gasteiger partial charge is 0.321 e. The molecule has 0 bridgehead atoms. The summed E-state index contributed by atoms with van der Waals surface area (Å²) in [5.41, 5.74) is 1.81.